The first-order valence-electron chi connectivity index (χ1n) is 8.64. The third kappa shape index (κ3) is 3.80. The lowest BCUT2D eigenvalue weighted by Crippen LogP contribution is -2.47. The van der Waals surface area contributed by atoms with Gasteiger partial charge in [0.2, 0.25) is 0 Å². The minimum Gasteiger partial charge on any atom is -0.395 e. The Hall–Kier alpha value is -2.87. The predicted molar refractivity (Wildman–Crippen MR) is 95.8 cm³/mol. The third-order valence-corrected chi connectivity index (χ3v) is 4.59. The molecule has 2 aromatic rings. The molecule has 4 rings (SSSR count). The van der Waals surface area contributed by atoms with E-state index in [1.807, 2.05) is 11.9 Å². The van der Waals surface area contributed by atoms with Gasteiger partial charge in [-0.3, -0.25) is 4.79 Å². The highest BCUT2D eigenvalue weighted by atomic mass is 19.3. The number of hydrogen-bond acceptors (Lipinski definition) is 5. The summed E-state index contributed by atoms with van der Waals surface area (Å²) >= 11 is 0. The van der Waals surface area contributed by atoms with E-state index in [9.17, 15) is 13.6 Å². The smallest absolute Gasteiger partial charge is 0.395 e. The molecule has 27 heavy (non-hydrogen) atoms. The van der Waals surface area contributed by atoms with Crippen molar-refractivity contribution in [2.75, 3.05) is 38.5 Å². The predicted octanol–water partition coefficient (Wildman–Crippen LogP) is 3.14. The lowest BCUT2D eigenvalue weighted by Gasteiger charge is -2.32. The van der Waals surface area contributed by atoms with E-state index in [2.05, 4.69) is 19.7 Å². The van der Waals surface area contributed by atoms with Crippen molar-refractivity contribution in [3.63, 3.8) is 0 Å². The van der Waals surface area contributed by atoms with Gasteiger partial charge in [-0.25, -0.2) is 0 Å². The number of carbonyl (C=O) groups excluding carboxylic acids is 1. The number of carbonyl (C=O) groups is 1. The highest BCUT2D eigenvalue weighted by molar-refractivity contribution is 5.95. The van der Waals surface area contributed by atoms with Crippen molar-refractivity contribution in [2.45, 2.75) is 6.29 Å². The SMILES string of the molecule is CN1CCN(C(=O)c2cccc(Nc3ccc4c(c3)OC(F)(F)O4)c2)CC1. The maximum atomic E-state index is 13.1. The molecule has 6 nitrogen and oxygen atoms in total. The van der Waals surface area contributed by atoms with E-state index in [0.29, 0.717) is 30.0 Å². The van der Waals surface area contributed by atoms with Gasteiger partial charge in [-0.15, -0.1) is 8.78 Å². The van der Waals surface area contributed by atoms with Gasteiger partial charge in [0.25, 0.3) is 5.91 Å². The highest BCUT2D eigenvalue weighted by Crippen LogP contribution is 2.42. The Morgan fingerprint density at radius 2 is 1.70 bits per heavy atom. The second-order valence-corrected chi connectivity index (χ2v) is 6.63. The number of benzene rings is 2. The van der Waals surface area contributed by atoms with Gasteiger partial charge in [0.15, 0.2) is 11.5 Å². The maximum Gasteiger partial charge on any atom is 0.586 e. The van der Waals surface area contributed by atoms with Crippen LogP contribution in [0.5, 0.6) is 11.5 Å². The van der Waals surface area contributed by atoms with Gasteiger partial charge in [-0.1, -0.05) is 6.07 Å². The average Bonchev–Trinajstić information content (AvgIpc) is 2.95. The number of nitrogens with one attached hydrogen (secondary N) is 1. The van der Waals surface area contributed by atoms with Gasteiger partial charge in [-0.05, 0) is 37.4 Å². The molecule has 1 fully saturated rings. The summed E-state index contributed by atoms with van der Waals surface area (Å²) in [5, 5.41) is 3.11. The topological polar surface area (TPSA) is 54.0 Å². The average molecular weight is 375 g/mol. The molecule has 0 unspecified atom stereocenters. The Bertz CT molecular complexity index is 867. The van der Waals surface area contributed by atoms with E-state index < -0.39 is 6.29 Å². The lowest BCUT2D eigenvalue weighted by molar-refractivity contribution is -0.286. The molecule has 0 radical (unpaired) electrons. The van der Waals surface area contributed by atoms with Crippen LogP contribution in [-0.2, 0) is 0 Å². The number of anilines is 2. The van der Waals surface area contributed by atoms with Crippen LogP contribution >= 0.6 is 0 Å². The molecular weight excluding hydrogens is 356 g/mol. The summed E-state index contributed by atoms with van der Waals surface area (Å²) in [6.45, 7) is 3.10. The van der Waals surface area contributed by atoms with Crippen molar-refractivity contribution in [2.24, 2.45) is 0 Å². The Balaban J connectivity index is 1.48. The van der Waals surface area contributed by atoms with Gasteiger partial charge in [0.05, 0.1) is 0 Å². The van der Waals surface area contributed by atoms with E-state index in [1.54, 1.807) is 30.3 Å². The molecule has 1 amide bonds. The van der Waals surface area contributed by atoms with Crippen molar-refractivity contribution in [3.05, 3.63) is 48.0 Å². The summed E-state index contributed by atoms with van der Waals surface area (Å²) in [5.74, 6) is -0.0590. The van der Waals surface area contributed by atoms with E-state index in [4.69, 9.17) is 0 Å². The summed E-state index contributed by atoms with van der Waals surface area (Å²) in [5.41, 5.74) is 1.82. The van der Waals surface area contributed by atoms with Gasteiger partial charge in [0, 0.05) is 49.2 Å². The number of likely N-dealkylation sites (N-methyl/N-ethyl adjacent to an activating group) is 1. The fourth-order valence-corrected chi connectivity index (χ4v) is 3.12. The molecule has 2 aliphatic rings. The summed E-state index contributed by atoms with van der Waals surface area (Å²) in [6.07, 6.45) is -3.64. The van der Waals surface area contributed by atoms with E-state index >= 15 is 0 Å². The van der Waals surface area contributed by atoms with Gasteiger partial charge < -0.3 is 24.6 Å². The standard InChI is InChI=1S/C19H19F2N3O3/c1-23-7-9-24(10-8-23)18(25)13-3-2-4-14(11-13)22-15-5-6-16-17(12-15)27-19(20,21)26-16/h2-6,11-12,22H,7-10H2,1H3. The normalized spacial score (nSPS) is 18.4. The number of halogens is 2. The fourth-order valence-electron chi connectivity index (χ4n) is 3.12. The summed E-state index contributed by atoms with van der Waals surface area (Å²) in [6, 6.07) is 11.6. The van der Waals surface area contributed by atoms with Crippen molar-refractivity contribution in [1.82, 2.24) is 9.80 Å². The van der Waals surface area contributed by atoms with E-state index in [1.165, 1.54) is 12.1 Å². The molecule has 2 heterocycles. The molecule has 0 aliphatic carbocycles. The van der Waals surface area contributed by atoms with Crippen LogP contribution < -0.4 is 14.8 Å². The van der Waals surface area contributed by atoms with Gasteiger partial charge in [0.1, 0.15) is 0 Å². The van der Waals surface area contributed by atoms with Crippen molar-refractivity contribution in [3.8, 4) is 11.5 Å². The molecule has 0 bridgehead atoms. The first-order valence-corrected chi connectivity index (χ1v) is 8.64. The second-order valence-electron chi connectivity index (χ2n) is 6.63. The van der Waals surface area contributed by atoms with Crippen LogP contribution in [0.1, 0.15) is 10.4 Å². The van der Waals surface area contributed by atoms with Gasteiger partial charge in [-0.2, -0.15) is 0 Å². The number of ether oxygens (including phenoxy) is 2. The Morgan fingerprint density at radius 3 is 2.48 bits per heavy atom. The Kier molecular flexibility index (Phi) is 4.35. The summed E-state index contributed by atoms with van der Waals surface area (Å²) in [7, 11) is 2.04. The molecule has 2 aliphatic heterocycles. The fraction of sp³-hybridized carbons (Fsp3) is 0.316. The minimum absolute atomic E-state index is 0.00968. The molecule has 0 aromatic heterocycles. The zero-order valence-corrected chi connectivity index (χ0v) is 14.7. The molecule has 0 saturated carbocycles. The van der Waals surface area contributed by atoms with Crippen LogP contribution in [-0.4, -0.2) is 55.2 Å². The molecular formula is C19H19F2N3O3. The first-order chi connectivity index (χ1) is 12.9. The highest BCUT2D eigenvalue weighted by Gasteiger charge is 2.43. The zero-order chi connectivity index (χ0) is 19.0. The zero-order valence-electron chi connectivity index (χ0n) is 14.7. The summed E-state index contributed by atoms with van der Waals surface area (Å²) in [4.78, 5) is 16.7. The first kappa shape index (κ1) is 17.5. The second kappa shape index (κ2) is 6.70. The summed E-state index contributed by atoms with van der Waals surface area (Å²) < 4.78 is 35.1. The molecule has 8 heteroatoms. The molecule has 1 saturated heterocycles. The van der Waals surface area contributed by atoms with Crippen molar-refractivity contribution in [1.29, 1.82) is 0 Å². The van der Waals surface area contributed by atoms with Gasteiger partial charge >= 0.3 is 6.29 Å². The lowest BCUT2D eigenvalue weighted by atomic mass is 10.1. The molecule has 2 aromatic carbocycles. The van der Waals surface area contributed by atoms with Crippen LogP contribution in [0.4, 0.5) is 20.2 Å². The van der Waals surface area contributed by atoms with Crippen LogP contribution in [0, 0.1) is 0 Å². The number of amides is 1. The molecule has 0 atom stereocenters. The maximum absolute atomic E-state index is 13.1. The monoisotopic (exact) mass is 375 g/mol. The van der Waals surface area contributed by atoms with E-state index in [0.717, 1.165) is 13.1 Å². The molecule has 142 valence electrons. The van der Waals surface area contributed by atoms with Crippen LogP contribution in [0.3, 0.4) is 0 Å². The minimum atomic E-state index is -3.64. The quantitative estimate of drug-likeness (QED) is 0.893. The van der Waals surface area contributed by atoms with Crippen LogP contribution in [0.25, 0.3) is 0 Å². The molecule has 0 spiro atoms. The number of rotatable bonds is 3. The van der Waals surface area contributed by atoms with Crippen molar-refractivity contribution < 1.29 is 23.0 Å². The van der Waals surface area contributed by atoms with Crippen LogP contribution in [0.15, 0.2) is 42.5 Å². The van der Waals surface area contributed by atoms with Crippen LogP contribution in [0.2, 0.25) is 0 Å². The molecule has 1 N–H and O–H groups in total. The van der Waals surface area contributed by atoms with Crippen molar-refractivity contribution >= 4 is 17.3 Å². The number of nitrogens with zero attached hydrogens (tertiary/aromatic N) is 2. The number of hydrogen-bond donors (Lipinski definition) is 1. The number of piperazine rings is 1. The Morgan fingerprint density at radius 1 is 1.00 bits per heavy atom. The Labute approximate surface area is 155 Å². The number of alkyl halides is 2. The third-order valence-electron chi connectivity index (χ3n) is 4.59. The number of fused-ring (bicyclic) bond motifs is 1. The van der Waals surface area contributed by atoms with E-state index in [-0.39, 0.29) is 17.4 Å². The largest absolute Gasteiger partial charge is 0.586 e.